The van der Waals surface area contributed by atoms with Crippen molar-refractivity contribution in [2.75, 3.05) is 14.2 Å². The van der Waals surface area contributed by atoms with Gasteiger partial charge >= 0.3 is 0 Å². The molecule has 2 aromatic rings. The highest BCUT2D eigenvalue weighted by atomic mass is 19.3. The van der Waals surface area contributed by atoms with Crippen LogP contribution in [0.1, 0.15) is 63.8 Å². The van der Waals surface area contributed by atoms with Crippen molar-refractivity contribution in [1.29, 1.82) is 0 Å². The van der Waals surface area contributed by atoms with Crippen LogP contribution >= 0.6 is 0 Å². The molecule has 1 fully saturated rings. The summed E-state index contributed by atoms with van der Waals surface area (Å²) in [5.74, 6) is -1.72. The first kappa shape index (κ1) is 24.1. The normalized spacial score (nSPS) is 17.9. The molecule has 1 atom stereocenters. The molecule has 1 aliphatic rings. The van der Waals surface area contributed by atoms with Gasteiger partial charge in [0.15, 0.2) is 0 Å². The third-order valence-corrected chi connectivity index (χ3v) is 5.99. The van der Waals surface area contributed by atoms with Crippen molar-refractivity contribution >= 4 is 23.0 Å². The summed E-state index contributed by atoms with van der Waals surface area (Å²) in [5, 5.41) is 0. The minimum atomic E-state index is -2.57. The van der Waals surface area contributed by atoms with Crippen LogP contribution in [0.25, 0.3) is 16.6 Å². The van der Waals surface area contributed by atoms with Crippen molar-refractivity contribution in [3.05, 3.63) is 47.4 Å². The number of alkyl halides is 2. The number of rotatable bonds is 8. The number of ether oxygens (including phenoxy) is 1. The maximum atomic E-state index is 13.8. The fraction of sp³-hybridized carbons (Fsp3) is 0.520. The maximum Gasteiger partial charge on any atom is 0.248 e. The van der Waals surface area contributed by atoms with Gasteiger partial charge in [0.2, 0.25) is 12.3 Å². The van der Waals surface area contributed by atoms with Gasteiger partial charge in [-0.25, -0.2) is 13.8 Å². The fourth-order valence-electron chi connectivity index (χ4n) is 4.21. The number of fused-ring (bicyclic) bond motifs is 1. The highest BCUT2D eigenvalue weighted by Crippen LogP contribution is 2.41. The van der Waals surface area contributed by atoms with Crippen LogP contribution in [0.15, 0.2) is 36.0 Å². The predicted molar refractivity (Wildman–Crippen MR) is 124 cm³/mol. The highest BCUT2D eigenvalue weighted by molar-refractivity contribution is 5.84. The monoisotopic (exact) mass is 445 g/mol. The number of allylic oxidation sites excluding steroid dienone is 3. The van der Waals surface area contributed by atoms with Gasteiger partial charge in [-0.15, -0.1) is 0 Å². The first-order chi connectivity index (χ1) is 15.1. The van der Waals surface area contributed by atoms with E-state index >= 15 is 0 Å². The van der Waals surface area contributed by atoms with Crippen LogP contribution in [0.2, 0.25) is 0 Å². The molecular formula is C25H33F2N3O2. The topological polar surface area (TPSA) is 47.4 Å². The van der Waals surface area contributed by atoms with Crippen molar-refractivity contribution in [3.63, 3.8) is 0 Å². The van der Waals surface area contributed by atoms with Crippen LogP contribution in [0.4, 0.5) is 8.78 Å². The Morgan fingerprint density at radius 2 is 2.03 bits per heavy atom. The third kappa shape index (κ3) is 5.63. The number of halogens is 2. The molecule has 0 radical (unpaired) electrons. The zero-order valence-corrected chi connectivity index (χ0v) is 19.6. The van der Waals surface area contributed by atoms with Crippen molar-refractivity contribution in [3.8, 4) is 0 Å². The highest BCUT2D eigenvalue weighted by Gasteiger charge is 2.37. The van der Waals surface area contributed by atoms with E-state index in [-0.39, 0.29) is 24.9 Å². The molecule has 0 N–H and O–H groups in total. The molecule has 32 heavy (non-hydrogen) atoms. The fourth-order valence-corrected chi connectivity index (χ4v) is 4.21. The van der Waals surface area contributed by atoms with Crippen molar-refractivity contribution in [1.82, 2.24) is 14.5 Å². The summed E-state index contributed by atoms with van der Waals surface area (Å²) in [4.78, 5) is 17.5. The summed E-state index contributed by atoms with van der Waals surface area (Å²) in [5.41, 5.74) is 4.76. The van der Waals surface area contributed by atoms with E-state index < -0.39 is 5.92 Å². The van der Waals surface area contributed by atoms with E-state index in [9.17, 15) is 13.6 Å². The molecule has 5 nitrogen and oxygen atoms in total. The van der Waals surface area contributed by atoms with Gasteiger partial charge in [0, 0.05) is 39.1 Å². The number of benzene rings is 1. The second kappa shape index (κ2) is 9.94. The van der Waals surface area contributed by atoms with Gasteiger partial charge in [-0.05, 0) is 56.9 Å². The van der Waals surface area contributed by atoms with Crippen LogP contribution in [-0.2, 0) is 16.1 Å². The Hall–Kier alpha value is -2.54. The van der Waals surface area contributed by atoms with Gasteiger partial charge in [0.05, 0.1) is 23.7 Å². The first-order valence-electron chi connectivity index (χ1n) is 11.1. The quantitative estimate of drug-likeness (QED) is 0.383. The molecule has 3 rings (SSSR count). The number of hydrogen-bond donors (Lipinski definition) is 0. The minimum absolute atomic E-state index is 0.00326. The average Bonchev–Trinajstić information content (AvgIpc) is 3.10. The first-order valence-corrected chi connectivity index (χ1v) is 11.1. The average molecular weight is 446 g/mol. The van der Waals surface area contributed by atoms with E-state index in [1.165, 1.54) is 4.90 Å². The summed E-state index contributed by atoms with van der Waals surface area (Å²) in [6.45, 7) is 6.60. The van der Waals surface area contributed by atoms with E-state index in [0.29, 0.717) is 19.4 Å². The summed E-state index contributed by atoms with van der Waals surface area (Å²) < 4.78 is 35.1. The molecule has 0 bridgehead atoms. The second-order valence-electron chi connectivity index (χ2n) is 9.04. The smallest absolute Gasteiger partial charge is 0.248 e. The molecule has 174 valence electrons. The predicted octanol–water partition coefficient (Wildman–Crippen LogP) is 5.76. The lowest BCUT2D eigenvalue weighted by molar-refractivity contribution is -0.114. The largest absolute Gasteiger partial charge is 0.380 e. The lowest BCUT2D eigenvalue weighted by Gasteiger charge is -2.28. The number of carbonyl (C=O) groups is 1. The van der Waals surface area contributed by atoms with Crippen molar-refractivity contribution in [2.24, 2.45) is 0 Å². The van der Waals surface area contributed by atoms with Crippen LogP contribution in [0.3, 0.4) is 0 Å². The van der Waals surface area contributed by atoms with E-state index in [1.807, 2.05) is 39.0 Å². The molecular weight excluding hydrogens is 412 g/mol. The Bertz CT molecular complexity index is 1010. The maximum absolute atomic E-state index is 13.8. The van der Waals surface area contributed by atoms with Gasteiger partial charge < -0.3 is 14.2 Å². The molecule has 0 saturated heterocycles. The molecule has 1 unspecified atom stereocenters. The SMILES string of the molecule is COC(C)Cn1c(C2CCC(F)(F)CC2)nc2ccc(/C(C=C(C)C)=C/N(C)C=O)cc21. The summed E-state index contributed by atoms with van der Waals surface area (Å²) in [6, 6.07) is 6.02. The second-order valence-corrected chi connectivity index (χ2v) is 9.04. The number of methoxy groups -OCH3 is 1. The number of aromatic nitrogens is 2. The van der Waals surface area contributed by atoms with E-state index in [4.69, 9.17) is 9.72 Å². The minimum Gasteiger partial charge on any atom is -0.380 e. The zero-order chi connectivity index (χ0) is 23.5. The van der Waals surface area contributed by atoms with Gasteiger partial charge in [-0.3, -0.25) is 4.79 Å². The van der Waals surface area contributed by atoms with Gasteiger partial charge in [-0.1, -0.05) is 17.7 Å². The van der Waals surface area contributed by atoms with Crippen LogP contribution in [0.5, 0.6) is 0 Å². The summed E-state index contributed by atoms with van der Waals surface area (Å²) in [7, 11) is 3.37. The lowest BCUT2D eigenvalue weighted by atomic mass is 9.86. The van der Waals surface area contributed by atoms with Crippen molar-refractivity contribution in [2.45, 2.75) is 70.9 Å². The molecule has 1 amide bonds. The number of carbonyl (C=O) groups excluding carboxylic acids is 1. The van der Waals surface area contributed by atoms with E-state index in [2.05, 4.69) is 10.6 Å². The Balaban J connectivity index is 2.10. The van der Waals surface area contributed by atoms with E-state index in [0.717, 1.165) is 40.0 Å². The lowest BCUT2D eigenvalue weighted by Crippen LogP contribution is -2.26. The molecule has 1 saturated carbocycles. The number of amides is 1. The van der Waals surface area contributed by atoms with Gasteiger partial charge in [0.25, 0.3) is 0 Å². The van der Waals surface area contributed by atoms with Crippen LogP contribution in [-0.4, -0.2) is 47.0 Å². The summed E-state index contributed by atoms with van der Waals surface area (Å²) in [6.07, 6.45) is 5.20. The standard InChI is InChI=1S/C25H33F2N3O2/c1-17(2)12-21(15-29(4)16-31)20-6-7-22-23(13-20)30(14-18(3)32-5)24(28-22)19-8-10-25(26,27)11-9-19/h6-7,12-13,15-16,18-19H,8-11,14H2,1-5H3/b21-15+. The molecule has 1 aromatic carbocycles. The Morgan fingerprint density at radius 3 is 2.62 bits per heavy atom. The Labute approximate surface area is 188 Å². The van der Waals surface area contributed by atoms with Crippen molar-refractivity contribution < 1.29 is 18.3 Å². The van der Waals surface area contributed by atoms with Gasteiger partial charge in [0.1, 0.15) is 5.82 Å². The Morgan fingerprint density at radius 1 is 1.34 bits per heavy atom. The zero-order valence-electron chi connectivity index (χ0n) is 19.6. The van der Waals surface area contributed by atoms with E-state index in [1.54, 1.807) is 20.4 Å². The molecule has 1 heterocycles. The van der Waals surface area contributed by atoms with Crippen LogP contribution in [0, 0.1) is 0 Å². The summed E-state index contributed by atoms with van der Waals surface area (Å²) >= 11 is 0. The molecule has 0 aliphatic heterocycles. The third-order valence-electron chi connectivity index (χ3n) is 5.99. The molecule has 1 aromatic heterocycles. The van der Waals surface area contributed by atoms with Gasteiger partial charge in [-0.2, -0.15) is 0 Å². The number of nitrogens with zero attached hydrogens (tertiary/aromatic N) is 3. The van der Waals surface area contributed by atoms with Crippen LogP contribution < -0.4 is 0 Å². The molecule has 7 heteroatoms. The Kier molecular flexibility index (Phi) is 7.49. The number of imidazole rings is 1. The molecule has 1 aliphatic carbocycles. The number of hydrogen-bond acceptors (Lipinski definition) is 3. The molecule has 0 spiro atoms.